The average Bonchev–Trinajstić information content (AvgIpc) is 2.64. The lowest BCUT2D eigenvalue weighted by atomic mass is 9.86. The fourth-order valence-electron chi connectivity index (χ4n) is 2.33. The summed E-state index contributed by atoms with van der Waals surface area (Å²) in [6.07, 6.45) is 1.27. The van der Waals surface area contributed by atoms with E-state index in [2.05, 4.69) is 5.32 Å². The number of carbonyl (C=O) groups is 2. The van der Waals surface area contributed by atoms with Crippen LogP contribution in [0.3, 0.4) is 0 Å². The van der Waals surface area contributed by atoms with E-state index in [1.165, 1.54) is 0 Å². The molecule has 2 rings (SSSR count). The lowest BCUT2D eigenvalue weighted by Crippen LogP contribution is -2.34. The molecule has 1 aromatic rings. The van der Waals surface area contributed by atoms with Gasteiger partial charge in [0, 0.05) is 12.6 Å². The molecule has 0 saturated carbocycles. The fourth-order valence-corrected chi connectivity index (χ4v) is 2.33. The van der Waals surface area contributed by atoms with Crippen LogP contribution in [0.25, 0.3) is 0 Å². The van der Waals surface area contributed by atoms with E-state index in [0.29, 0.717) is 18.4 Å². The van der Waals surface area contributed by atoms with Crippen LogP contribution in [-0.2, 0) is 17.6 Å². The van der Waals surface area contributed by atoms with Gasteiger partial charge in [-0.15, -0.1) is 0 Å². The summed E-state index contributed by atoms with van der Waals surface area (Å²) in [6.45, 7) is 1.87. The Kier molecular flexibility index (Phi) is 2.65. The Morgan fingerprint density at radius 3 is 2.53 bits per heavy atom. The van der Waals surface area contributed by atoms with E-state index in [4.69, 9.17) is 5.73 Å². The zero-order valence-electron chi connectivity index (χ0n) is 10.0. The van der Waals surface area contributed by atoms with Gasteiger partial charge < -0.3 is 11.1 Å². The highest BCUT2D eigenvalue weighted by Gasteiger charge is 2.38. The van der Waals surface area contributed by atoms with Crippen molar-refractivity contribution in [1.29, 1.82) is 0 Å². The van der Waals surface area contributed by atoms with Gasteiger partial charge in [-0.3, -0.25) is 9.59 Å². The van der Waals surface area contributed by atoms with E-state index >= 15 is 0 Å². The normalized spacial score (nSPS) is 22.0. The maximum Gasteiger partial charge on any atom is 0.251 e. The summed E-state index contributed by atoms with van der Waals surface area (Å²) in [5, 5.41) is 2.59. The van der Waals surface area contributed by atoms with Crippen LogP contribution < -0.4 is 11.1 Å². The third-order valence-electron chi connectivity index (χ3n) is 3.45. The molecule has 1 unspecified atom stereocenters. The first-order chi connectivity index (χ1) is 7.96. The Labute approximate surface area is 100 Å². The Balaban J connectivity index is 2.34. The number of hydrogen-bond acceptors (Lipinski definition) is 2. The second kappa shape index (κ2) is 3.87. The van der Waals surface area contributed by atoms with Crippen LogP contribution in [-0.4, -0.2) is 18.9 Å². The third kappa shape index (κ3) is 1.90. The lowest BCUT2D eigenvalue weighted by molar-refractivity contribution is -0.126. The number of benzene rings is 1. The quantitative estimate of drug-likeness (QED) is 0.785. The summed E-state index contributed by atoms with van der Waals surface area (Å²) >= 11 is 0. The Hall–Kier alpha value is -1.84. The van der Waals surface area contributed by atoms with Crippen molar-refractivity contribution in [1.82, 2.24) is 5.32 Å². The van der Waals surface area contributed by atoms with Crippen molar-refractivity contribution >= 4 is 11.8 Å². The first-order valence-electron chi connectivity index (χ1n) is 5.60. The highest BCUT2D eigenvalue weighted by molar-refractivity contribution is 5.94. The van der Waals surface area contributed by atoms with Gasteiger partial charge in [0.25, 0.3) is 5.91 Å². The van der Waals surface area contributed by atoms with Gasteiger partial charge >= 0.3 is 0 Å². The van der Waals surface area contributed by atoms with Crippen LogP contribution in [0.5, 0.6) is 0 Å². The van der Waals surface area contributed by atoms with Crippen LogP contribution in [0.1, 0.15) is 28.4 Å². The number of primary amides is 1. The maximum absolute atomic E-state index is 11.5. The molecular formula is C13H16N2O2. The number of nitrogens with two attached hydrogens (primary N) is 1. The number of rotatable bonds is 2. The molecule has 1 aromatic carbocycles. The summed E-state index contributed by atoms with van der Waals surface area (Å²) in [6, 6.07) is 5.54. The van der Waals surface area contributed by atoms with Gasteiger partial charge in [0.15, 0.2) is 0 Å². The molecule has 0 heterocycles. The molecule has 4 heteroatoms. The van der Waals surface area contributed by atoms with Gasteiger partial charge in [0.2, 0.25) is 5.91 Å². The van der Waals surface area contributed by atoms with E-state index in [-0.39, 0.29) is 11.8 Å². The molecule has 3 N–H and O–H groups in total. The number of fused-ring (bicyclic) bond motifs is 1. The largest absolute Gasteiger partial charge is 0.369 e. The van der Waals surface area contributed by atoms with E-state index < -0.39 is 5.41 Å². The molecule has 1 aliphatic carbocycles. The van der Waals surface area contributed by atoms with Crippen LogP contribution in [0.2, 0.25) is 0 Å². The molecule has 1 atom stereocenters. The fraction of sp³-hybridized carbons (Fsp3) is 0.385. The van der Waals surface area contributed by atoms with Gasteiger partial charge in [-0.05, 0) is 36.1 Å². The van der Waals surface area contributed by atoms with Crippen molar-refractivity contribution in [2.75, 3.05) is 7.05 Å². The number of nitrogens with one attached hydrogen (secondary N) is 1. The Morgan fingerprint density at radius 1 is 1.29 bits per heavy atom. The van der Waals surface area contributed by atoms with Crippen molar-refractivity contribution in [2.24, 2.45) is 11.1 Å². The van der Waals surface area contributed by atoms with Crippen molar-refractivity contribution in [3.8, 4) is 0 Å². The average molecular weight is 232 g/mol. The summed E-state index contributed by atoms with van der Waals surface area (Å²) in [4.78, 5) is 22.9. The van der Waals surface area contributed by atoms with Gasteiger partial charge in [0.1, 0.15) is 0 Å². The van der Waals surface area contributed by atoms with Crippen molar-refractivity contribution < 1.29 is 9.59 Å². The third-order valence-corrected chi connectivity index (χ3v) is 3.45. The number of amides is 2. The molecule has 0 spiro atoms. The topological polar surface area (TPSA) is 72.2 Å². The minimum absolute atomic E-state index is 0.111. The standard InChI is InChI=1S/C13H16N2O2/c1-13(12(14)17)6-9-4-3-8(11(16)15-2)5-10(9)7-13/h3-5H,6-7H2,1-2H3,(H2,14,17)(H,15,16). The first kappa shape index (κ1) is 11.6. The molecule has 2 amide bonds. The van der Waals surface area contributed by atoms with Gasteiger partial charge in [-0.25, -0.2) is 0 Å². The molecule has 0 saturated heterocycles. The van der Waals surface area contributed by atoms with Gasteiger partial charge in [0.05, 0.1) is 5.41 Å². The Bertz CT molecular complexity index is 496. The van der Waals surface area contributed by atoms with Gasteiger partial charge in [-0.1, -0.05) is 13.0 Å². The predicted molar refractivity (Wildman–Crippen MR) is 64.5 cm³/mol. The summed E-state index contributed by atoms with van der Waals surface area (Å²) in [5.74, 6) is -0.393. The minimum Gasteiger partial charge on any atom is -0.369 e. The lowest BCUT2D eigenvalue weighted by Gasteiger charge is -2.17. The summed E-state index contributed by atoms with van der Waals surface area (Å²) in [7, 11) is 1.60. The molecule has 0 aromatic heterocycles. The second-order valence-electron chi connectivity index (χ2n) is 4.84. The maximum atomic E-state index is 11.5. The molecule has 90 valence electrons. The SMILES string of the molecule is CNC(=O)c1ccc2c(c1)CC(C)(C(N)=O)C2. The molecule has 0 aliphatic heterocycles. The number of carbonyl (C=O) groups excluding carboxylic acids is 2. The first-order valence-corrected chi connectivity index (χ1v) is 5.60. The molecule has 0 radical (unpaired) electrons. The highest BCUT2D eigenvalue weighted by atomic mass is 16.2. The minimum atomic E-state index is -0.510. The monoisotopic (exact) mass is 232 g/mol. The highest BCUT2D eigenvalue weighted by Crippen LogP contribution is 2.36. The van der Waals surface area contributed by atoms with E-state index in [1.54, 1.807) is 13.1 Å². The smallest absolute Gasteiger partial charge is 0.251 e. The van der Waals surface area contributed by atoms with Crippen molar-refractivity contribution in [3.05, 3.63) is 34.9 Å². The predicted octanol–water partition coefficient (Wildman–Crippen LogP) is 0.636. The van der Waals surface area contributed by atoms with Crippen LogP contribution in [0.4, 0.5) is 0 Å². The van der Waals surface area contributed by atoms with E-state index in [0.717, 1.165) is 11.1 Å². The second-order valence-corrected chi connectivity index (χ2v) is 4.84. The van der Waals surface area contributed by atoms with Crippen LogP contribution >= 0.6 is 0 Å². The summed E-state index contributed by atoms with van der Waals surface area (Å²) < 4.78 is 0. The Morgan fingerprint density at radius 2 is 1.94 bits per heavy atom. The van der Waals surface area contributed by atoms with Crippen molar-refractivity contribution in [2.45, 2.75) is 19.8 Å². The zero-order chi connectivity index (χ0) is 12.6. The molecular weight excluding hydrogens is 216 g/mol. The van der Waals surface area contributed by atoms with E-state index in [1.807, 2.05) is 19.1 Å². The van der Waals surface area contributed by atoms with Crippen molar-refractivity contribution in [3.63, 3.8) is 0 Å². The van der Waals surface area contributed by atoms with Gasteiger partial charge in [-0.2, -0.15) is 0 Å². The van der Waals surface area contributed by atoms with E-state index in [9.17, 15) is 9.59 Å². The molecule has 4 nitrogen and oxygen atoms in total. The zero-order valence-corrected chi connectivity index (χ0v) is 10.0. The van der Waals surface area contributed by atoms with Crippen LogP contribution in [0, 0.1) is 5.41 Å². The molecule has 1 aliphatic rings. The molecule has 0 bridgehead atoms. The van der Waals surface area contributed by atoms with Crippen LogP contribution in [0.15, 0.2) is 18.2 Å². The molecule has 0 fully saturated rings. The summed E-state index contributed by atoms with van der Waals surface area (Å²) in [5.41, 5.74) is 7.69. The molecule has 17 heavy (non-hydrogen) atoms. The number of hydrogen-bond donors (Lipinski definition) is 2.